The van der Waals surface area contributed by atoms with Gasteiger partial charge >= 0.3 is 0 Å². The molecular weight excluding hydrogens is 264 g/mol. The second kappa shape index (κ2) is 8.89. The quantitative estimate of drug-likeness (QED) is 0.651. The van der Waals surface area contributed by atoms with E-state index < -0.39 is 10.0 Å². The minimum Gasteiger partial charge on any atom is -0.379 e. The number of rotatable bonds is 9. The summed E-state index contributed by atoms with van der Waals surface area (Å²) in [6.07, 6.45) is 5.42. The maximum absolute atomic E-state index is 11.6. The highest BCUT2D eigenvalue weighted by molar-refractivity contribution is 7.89. The highest BCUT2D eigenvalue weighted by Gasteiger charge is 2.21. The molecule has 1 fully saturated rings. The molecule has 0 radical (unpaired) electrons. The molecule has 0 amide bonds. The van der Waals surface area contributed by atoms with Crippen LogP contribution in [-0.4, -0.2) is 51.4 Å². The van der Waals surface area contributed by atoms with E-state index in [0.717, 1.165) is 58.5 Å². The number of hydrogen-bond acceptors (Lipinski definition) is 4. The Morgan fingerprint density at radius 3 is 2.37 bits per heavy atom. The highest BCUT2D eigenvalue weighted by Crippen LogP contribution is 2.15. The first kappa shape index (κ1) is 16.9. The Kier molecular flexibility index (Phi) is 7.90. The molecule has 1 aliphatic rings. The average Bonchev–Trinajstić information content (AvgIpc) is 2.37. The summed E-state index contributed by atoms with van der Waals surface area (Å²) in [5, 5.41) is 4.96. The van der Waals surface area contributed by atoms with E-state index in [4.69, 9.17) is 9.88 Å². The van der Waals surface area contributed by atoms with Gasteiger partial charge in [-0.15, -0.1) is 0 Å². The molecule has 1 unspecified atom stereocenters. The van der Waals surface area contributed by atoms with Crippen molar-refractivity contribution in [1.29, 1.82) is 0 Å². The van der Waals surface area contributed by atoms with Gasteiger partial charge in [-0.05, 0) is 25.8 Å². The lowest BCUT2D eigenvalue weighted by Crippen LogP contribution is -2.37. The topological polar surface area (TPSA) is 72.6 Å². The second-order valence-electron chi connectivity index (χ2n) is 5.30. The van der Waals surface area contributed by atoms with Crippen LogP contribution in [0.15, 0.2) is 0 Å². The van der Waals surface area contributed by atoms with Crippen molar-refractivity contribution in [1.82, 2.24) is 4.90 Å². The van der Waals surface area contributed by atoms with E-state index in [1.807, 2.05) is 0 Å². The molecule has 0 saturated carbocycles. The van der Waals surface area contributed by atoms with Crippen LogP contribution >= 0.6 is 0 Å². The van der Waals surface area contributed by atoms with Gasteiger partial charge in [-0.1, -0.05) is 26.2 Å². The molecule has 1 heterocycles. The number of nitrogens with zero attached hydrogens (tertiary/aromatic N) is 1. The van der Waals surface area contributed by atoms with Crippen LogP contribution in [0.4, 0.5) is 0 Å². The van der Waals surface area contributed by atoms with Crippen LogP contribution in [0.2, 0.25) is 0 Å². The molecule has 6 heteroatoms. The molecule has 19 heavy (non-hydrogen) atoms. The van der Waals surface area contributed by atoms with E-state index >= 15 is 0 Å². The van der Waals surface area contributed by atoms with Crippen LogP contribution in [0.3, 0.4) is 0 Å². The number of primary sulfonamides is 1. The molecule has 0 aromatic rings. The van der Waals surface area contributed by atoms with Gasteiger partial charge in [0.1, 0.15) is 0 Å². The van der Waals surface area contributed by atoms with Gasteiger partial charge in [-0.25, -0.2) is 13.6 Å². The molecule has 0 aromatic heterocycles. The molecule has 0 bridgehead atoms. The fraction of sp³-hybridized carbons (Fsp3) is 1.00. The van der Waals surface area contributed by atoms with E-state index in [1.165, 1.54) is 0 Å². The van der Waals surface area contributed by atoms with Crippen molar-refractivity contribution in [3.05, 3.63) is 0 Å². The third-order valence-corrected chi connectivity index (χ3v) is 5.10. The molecule has 1 saturated heterocycles. The van der Waals surface area contributed by atoms with Crippen molar-refractivity contribution in [3.63, 3.8) is 0 Å². The predicted molar refractivity (Wildman–Crippen MR) is 77.5 cm³/mol. The molecule has 114 valence electrons. The van der Waals surface area contributed by atoms with Crippen molar-refractivity contribution >= 4 is 10.0 Å². The Morgan fingerprint density at radius 2 is 1.79 bits per heavy atom. The molecule has 0 spiro atoms. The zero-order chi connectivity index (χ0) is 14.1. The molecule has 1 aliphatic heterocycles. The van der Waals surface area contributed by atoms with Crippen molar-refractivity contribution in [2.75, 3.05) is 32.8 Å². The number of nitrogens with two attached hydrogens (primary N) is 1. The largest absolute Gasteiger partial charge is 0.379 e. The minimum absolute atomic E-state index is 0.361. The highest BCUT2D eigenvalue weighted by atomic mass is 32.2. The summed E-state index contributed by atoms with van der Waals surface area (Å²) in [5.41, 5.74) is 0. The van der Waals surface area contributed by atoms with Crippen molar-refractivity contribution in [2.45, 2.75) is 50.7 Å². The summed E-state index contributed by atoms with van der Waals surface area (Å²) in [6.45, 7) is 6.55. The number of sulfonamides is 1. The smallest absolute Gasteiger partial charge is 0.211 e. The molecule has 2 N–H and O–H groups in total. The van der Waals surface area contributed by atoms with Crippen LogP contribution in [-0.2, 0) is 14.8 Å². The van der Waals surface area contributed by atoms with Gasteiger partial charge in [0.05, 0.1) is 18.5 Å². The van der Waals surface area contributed by atoms with Gasteiger partial charge in [0.25, 0.3) is 0 Å². The predicted octanol–water partition coefficient (Wildman–Crippen LogP) is 1.34. The van der Waals surface area contributed by atoms with Gasteiger partial charge in [0.2, 0.25) is 10.0 Å². The van der Waals surface area contributed by atoms with E-state index in [0.29, 0.717) is 12.8 Å². The van der Waals surface area contributed by atoms with Gasteiger partial charge < -0.3 is 4.74 Å². The second-order valence-corrected chi connectivity index (χ2v) is 7.15. The maximum atomic E-state index is 11.6. The Morgan fingerprint density at radius 1 is 1.16 bits per heavy atom. The first-order chi connectivity index (χ1) is 9.04. The summed E-state index contributed by atoms with van der Waals surface area (Å²) >= 11 is 0. The third kappa shape index (κ3) is 7.25. The van der Waals surface area contributed by atoms with Gasteiger partial charge in [0, 0.05) is 13.1 Å². The summed E-state index contributed by atoms with van der Waals surface area (Å²) in [6, 6.07) is 0. The SMILES string of the molecule is CCCCCC(CCCN1CCOCC1)S(N)(=O)=O. The lowest BCUT2D eigenvalue weighted by atomic mass is 10.1. The van der Waals surface area contributed by atoms with E-state index in [2.05, 4.69) is 11.8 Å². The number of morpholine rings is 1. The standard InChI is InChI=1S/C13H28N2O3S/c1-2-3-4-6-13(19(14,16)17)7-5-8-15-9-11-18-12-10-15/h13H,2-12H2,1H3,(H2,14,16,17). The zero-order valence-corrected chi connectivity index (χ0v) is 12.8. The fourth-order valence-corrected chi connectivity index (χ4v) is 3.45. The molecule has 5 nitrogen and oxygen atoms in total. The Balaban J connectivity index is 2.27. The molecular formula is C13H28N2O3S. The summed E-state index contributed by atoms with van der Waals surface area (Å²) in [5.74, 6) is 0. The first-order valence-corrected chi connectivity index (χ1v) is 8.96. The van der Waals surface area contributed by atoms with Crippen molar-refractivity contribution in [2.24, 2.45) is 5.14 Å². The zero-order valence-electron chi connectivity index (χ0n) is 12.0. The van der Waals surface area contributed by atoms with Crippen LogP contribution in [0.1, 0.15) is 45.4 Å². The van der Waals surface area contributed by atoms with Crippen LogP contribution in [0, 0.1) is 0 Å². The molecule has 0 aliphatic carbocycles. The Labute approximate surface area is 117 Å². The maximum Gasteiger partial charge on any atom is 0.211 e. The lowest BCUT2D eigenvalue weighted by molar-refractivity contribution is 0.0371. The monoisotopic (exact) mass is 292 g/mol. The van der Waals surface area contributed by atoms with Gasteiger partial charge in [0.15, 0.2) is 0 Å². The number of unbranched alkanes of at least 4 members (excludes halogenated alkanes) is 2. The third-order valence-electron chi connectivity index (χ3n) is 3.70. The molecule has 0 aromatic carbocycles. The fourth-order valence-electron chi connectivity index (χ4n) is 2.46. The minimum atomic E-state index is -3.39. The number of ether oxygens (including phenoxy) is 1. The average molecular weight is 292 g/mol. The van der Waals surface area contributed by atoms with Crippen molar-refractivity contribution in [3.8, 4) is 0 Å². The summed E-state index contributed by atoms with van der Waals surface area (Å²) < 4.78 is 28.4. The lowest BCUT2D eigenvalue weighted by Gasteiger charge is -2.27. The number of hydrogen-bond donors (Lipinski definition) is 1. The summed E-state index contributed by atoms with van der Waals surface area (Å²) in [4.78, 5) is 2.33. The Bertz CT molecular complexity index is 327. The molecule has 1 atom stereocenters. The van der Waals surface area contributed by atoms with Crippen LogP contribution in [0.25, 0.3) is 0 Å². The Hall–Kier alpha value is -0.170. The van der Waals surface area contributed by atoms with Crippen LogP contribution < -0.4 is 5.14 Å². The van der Waals surface area contributed by atoms with Crippen molar-refractivity contribution < 1.29 is 13.2 Å². The van der Waals surface area contributed by atoms with Gasteiger partial charge in [-0.2, -0.15) is 0 Å². The van der Waals surface area contributed by atoms with Crippen LogP contribution in [0.5, 0.6) is 0 Å². The summed E-state index contributed by atoms with van der Waals surface area (Å²) in [7, 11) is -3.39. The van der Waals surface area contributed by atoms with E-state index in [9.17, 15) is 8.42 Å². The normalized spacial score (nSPS) is 19.5. The van der Waals surface area contributed by atoms with Gasteiger partial charge in [-0.3, -0.25) is 4.90 Å². The van der Waals surface area contributed by atoms with E-state index in [1.54, 1.807) is 0 Å². The molecule has 1 rings (SSSR count). The van der Waals surface area contributed by atoms with E-state index in [-0.39, 0.29) is 5.25 Å². The first-order valence-electron chi connectivity index (χ1n) is 7.35.